The van der Waals surface area contributed by atoms with Crippen LogP contribution >= 0.6 is 11.6 Å². The van der Waals surface area contributed by atoms with Crippen molar-refractivity contribution in [2.24, 2.45) is 5.92 Å². The Morgan fingerprint density at radius 2 is 1.77 bits per heavy atom. The molecule has 0 bridgehead atoms. The Morgan fingerprint density at radius 3 is 2.39 bits per heavy atom. The van der Waals surface area contributed by atoms with Crippen molar-refractivity contribution in [3.8, 4) is 5.95 Å². The molecule has 1 aliphatic carbocycles. The molecule has 8 nitrogen and oxygen atoms in total. The van der Waals surface area contributed by atoms with E-state index in [-0.39, 0.29) is 12.0 Å². The number of hydrogen-bond donors (Lipinski definition) is 2. The first-order chi connectivity index (χ1) is 14.9. The first kappa shape index (κ1) is 21.0. The third kappa shape index (κ3) is 4.91. The standard InChI is InChI=1S/C22H23ClN6O2/c1-13(2)17-12-18(29(28-17)22-24-10-3-11-25-22)26-20(30)21(31)27-19(14-4-5-14)15-6-8-16(23)9-7-15/h3,6-14,19H,4-5H2,1-2H3,(H,26,30)(H,27,31). The number of rotatable bonds is 6. The van der Waals surface area contributed by atoms with E-state index in [1.54, 1.807) is 36.7 Å². The number of carbonyl (C=O) groups excluding carboxylic acids is 2. The summed E-state index contributed by atoms with van der Waals surface area (Å²) in [5.74, 6) is -0.398. The van der Waals surface area contributed by atoms with Crippen molar-refractivity contribution in [3.63, 3.8) is 0 Å². The first-order valence-corrected chi connectivity index (χ1v) is 10.5. The van der Waals surface area contributed by atoms with Gasteiger partial charge in [0.15, 0.2) is 0 Å². The quantitative estimate of drug-likeness (QED) is 0.572. The zero-order valence-electron chi connectivity index (χ0n) is 17.2. The van der Waals surface area contributed by atoms with Crippen molar-refractivity contribution >= 4 is 29.2 Å². The van der Waals surface area contributed by atoms with Gasteiger partial charge in [-0.3, -0.25) is 9.59 Å². The fourth-order valence-corrected chi connectivity index (χ4v) is 3.40. The van der Waals surface area contributed by atoms with Gasteiger partial charge in [-0.25, -0.2) is 9.97 Å². The van der Waals surface area contributed by atoms with Crippen LogP contribution in [0.1, 0.15) is 49.9 Å². The average molecular weight is 439 g/mol. The van der Waals surface area contributed by atoms with Crippen molar-refractivity contribution in [3.05, 3.63) is 65.1 Å². The summed E-state index contributed by atoms with van der Waals surface area (Å²) in [5.41, 5.74) is 1.68. The molecule has 0 aliphatic heterocycles. The van der Waals surface area contributed by atoms with Crippen molar-refractivity contribution < 1.29 is 9.59 Å². The fraction of sp³-hybridized carbons (Fsp3) is 0.318. The SMILES string of the molecule is CC(C)c1cc(NC(=O)C(=O)NC(c2ccc(Cl)cc2)C2CC2)n(-c2ncccn2)n1. The third-order valence-corrected chi connectivity index (χ3v) is 5.37. The Bertz CT molecular complexity index is 1080. The van der Waals surface area contributed by atoms with Crippen LogP contribution in [0.4, 0.5) is 5.82 Å². The zero-order valence-corrected chi connectivity index (χ0v) is 18.0. The lowest BCUT2D eigenvalue weighted by molar-refractivity contribution is -0.136. The monoisotopic (exact) mass is 438 g/mol. The maximum Gasteiger partial charge on any atom is 0.314 e. The van der Waals surface area contributed by atoms with Gasteiger partial charge in [0.1, 0.15) is 5.82 Å². The topological polar surface area (TPSA) is 102 Å². The molecule has 1 atom stereocenters. The number of benzene rings is 1. The fourth-order valence-electron chi connectivity index (χ4n) is 3.28. The Kier molecular flexibility index (Phi) is 5.99. The number of nitrogens with one attached hydrogen (secondary N) is 2. The van der Waals surface area contributed by atoms with Crippen LogP contribution in [-0.2, 0) is 9.59 Å². The van der Waals surface area contributed by atoms with E-state index in [0.717, 1.165) is 24.1 Å². The van der Waals surface area contributed by atoms with Crippen LogP contribution < -0.4 is 10.6 Å². The molecule has 0 radical (unpaired) electrons. The summed E-state index contributed by atoms with van der Waals surface area (Å²) >= 11 is 5.98. The smallest absolute Gasteiger partial charge is 0.314 e. The summed E-state index contributed by atoms with van der Waals surface area (Å²) in [4.78, 5) is 33.8. The van der Waals surface area contributed by atoms with Crippen molar-refractivity contribution in [2.45, 2.75) is 38.6 Å². The summed E-state index contributed by atoms with van der Waals surface area (Å²) in [6.07, 6.45) is 5.18. The molecular formula is C22H23ClN6O2. The van der Waals surface area contributed by atoms with Gasteiger partial charge >= 0.3 is 11.8 Å². The lowest BCUT2D eigenvalue weighted by Gasteiger charge is -2.18. The molecule has 1 aliphatic rings. The van der Waals surface area contributed by atoms with Crippen LogP contribution in [-0.4, -0.2) is 31.6 Å². The van der Waals surface area contributed by atoms with E-state index in [9.17, 15) is 9.59 Å². The maximum absolute atomic E-state index is 12.7. The Balaban J connectivity index is 1.52. The predicted molar refractivity (Wildman–Crippen MR) is 117 cm³/mol. The summed E-state index contributed by atoms with van der Waals surface area (Å²) in [6.45, 7) is 3.98. The van der Waals surface area contributed by atoms with E-state index in [2.05, 4.69) is 25.7 Å². The van der Waals surface area contributed by atoms with Crippen molar-refractivity contribution in [1.29, 1.82) is 0 Å². The summed E-state index contributed by atoms with van der Waals surface area (Å²) < 4.78 is 1.43. The first-order valence-electron chi connectivity index (χ1n) is 10.2. The van der Waals surface area contributed by atoms with Crippen LogP contribution in [0.3, 0.4) is 0 Å². The highest BCUT2D eigenvalue weighted by molar-refractivity contribution is 6.39. The Morgan fingerprint density at radius 1 is 1.10 bits per heavy atom. The van der Waals surface area contributed by atoms with Gasteiger partial charge in [-0.05, 0) is 48.4 Å². The number of halogens is 1. The largest absolute Gasteiger partial charge is 0.341 e. The van der Waals surface area contributed by atoms with Gasteiger partial charge in [0.05, 0.1) is 11.7 Å². The second-order valence-corrected chi connectivity index (χ2v) is 8.30. The zero-order chi connectivity index (χ0) is 22.0. The number of amides is 2. The van der Waals surface area contributed by atoms with E-state index in [0.29, 0.717) is 22.7 Å². The molecule has 2 aromatic heterocycles. The number of nitrogens with zero attached hydrogens (tertiary/aromatic N) is 4. The Hall–Kier alpha value is -3.26. The average Bonchev–Trinajstić information content (AvgIpc) is 3.52. The van der Waals surface area contributed by atoms with Gasteiger partial charge in [0, 0.05) is 23.5 Å². The number of aromatic nitrogens is 4. The molecule has 3 aromatic rings. The highest BCUT2D eigenvalue weighted by atomic mass is 35.5. The molecule has 9 heteroatoms. The molecule has 1 fully saturated rings. The van der Waals surface area contributed by atoms with Crippen molar-refractivity contribution in [1.82, 2.24) is 25.1 Å². The molecule has 1 saturated carbocycles. The van der Waals surface area contributed by atoms with Crippen LogP contribution in [0.5, 0.6) is 0 Å². The molecule has 0 spiro atoms. The molecule has 4 rings (SSSR count). The van der Waals surface area contributed by atoms with E-state index >= 15 is 0 Å². The van der Waals surface area contributed by atoms with E-state index in [1.165, 1.54) is 4.68 Å². The van der Waals surface area contributed by atoms with Crippen molar-refractivity contribution in [2.75, 3.05) is 5.32 Å². The summed E-state index contributed by atoms with van der Waals surface area (Å²) in [6, 6.07) is 10.5. The van der Waals surface area contributed by atoms with Gasteiger partial charge in [0.2, 0.25) is 0 Å². The van der Waals surface area contributed by atoms with Crippen LogP contribution in [0, 0.1) is 5.92 Å². The van der Waals surface area contributed by atoms with Gasteiger partial charge in [-0.1, -0.05) is 37.6 Å². The molecule has 1 aromatic carbocycles. The van der Waals surface area contributed by atoms with Gasteiger partial charge in [-0.2, -0.15) is 9.78 Å². The Labute approximate surface area is 185 Å². The maximum atomic E-state index is 12.7. The minimum atomic E-state index is -0.771. The number of hydrogen-bond acceptors (Lipinski definition) is 5. The molecule has 0 saturated heterocycles. The highest BCUT2D eigenvalue weighted by Gasteiger charge is 2.34. The number of anilines is 1. The molecule has 2 amide bonds. The highest BCUT2D eigenvalue weighted by Crippen LogP contribution is 2.41. The minimum absolute atomic E-state index is 0.124. The van der Waals surface area contributed by atoms with E-state index in [1.807, 2.05) is 26.0 Å². The second kappa shape index (κ2) is 8.85. The molecule has 2 heterocycles. The second-order valence-electron chi connectivity index (χ2n) is 7.86. The predicted octanol–water partition coefficient (Wildman–Crippen LogP) is 3.65. The van der Waals surface area contributed by atoms with Crippen LogP contribution in [0.2, 0.25) is 5.02 Å². The molecule has 1 unspecified atom stereocenters. The van der Waals surface area contributed by atoms with Gasteiger partial charge < -0.3 is 10.6 Å². The normalized spacial score (nSPS) is 14.3. The molecule has 2 N–H and O–H groups in total. The number of carbonyl (C=O) groups is 2. The third-order valence-electron chi connectivity index (χ3n) is 5.12. The summed E-state index contributed by atoms with van der Waals surface area (Å²) in [5, 5.41) is 10.6. The van der Waals surface area contributed by atoms with Crippen LogP contribution in [0.15, 0.2) is 48.8 Å². The lowest BCUT2D eigenvalue weighted by atomic mass is 10.0. The van der Waals surface area contributed by atoms with Crippen LogP contribution in [0.25, 0.3) is 5.95 Å². The molecular weight excluding hydrogens is 416 g/mol. The van der Waals surface area contributed by atoms with Gasteiger partial charge in [0.25, 0.3) is 5.95 Å². The molecule has 31 heavy (non-hydrogen) atoms. The molecule has 160 valence electrons. The van der Waals surface area contributed by atoms with E-state index in [4.69, 9.17) is 11.6 Å². The lowest BCUT2D eigenvalue weighted by Crippen LogP contribution is -2.39. The summed E-state index contributed by atoms with van der Waals surface area (Å²) in [7, 11) is 0. The van der Waals surface area contributed by atoms with E-state index < -0.39 is 11.8 Å². The van der Waals surface area contributed by atoms with Gasteiger partial charge in [-0.15, -0.1) is 0 Å². The minimum Gasteiger partial charge on any atom is -0.341 e.